The van der Waals surface area contributed by atoms with E-state index in [0.717, 1.165) is 47.4 Å². The summed E-state index contributed by atoms with van der Waals surface area (Å²) in [6.07, 6.45) is 5.44. The van der Waals surface area contributed by atoms with E-state index in [2.05, 4.69) is 26.6 Å². The number of benzene rings is 2. The lowest BCUT2D eigenvalue weighted by Gasteiger charge is -2.06. The second kappa shape index (κ2) is 6.43. The Morgan fingerprint density at radius 2 is 1.96 bits per heavy atom. The van der Waals surface area contributed by atoms with Crippen LogP contribution in [0.1, 0.15) is 23.1 Å². The lowest BCUT2D eigenvalue weighted by atomic mass is 10.1. The molecule has 2 aromatic carbocycles. The first-order valence-corrected chi connectivity index (χ1v) is 9.29. The first kappa shape index (κ1) is 15.9. The van der Waals surface area contributed by atoms with Crippen molar-refractivity contribution in [3.05, 3.63) is 71.4 Å². The summed E-state index contributed by atoms with van der Waals surface area (Å²) in [5.74, 6) is -0.00182. The molecule has 2 aromatic heterocycles. The number of carbonyl (C=O) groups excluding carboxylic acids is 1. The molecule has 5 rings (SSSR count). The molecular weight excluding hydrogens is 336 g/mol. The number of rotatable bonds is 3. The number of aromatic amines is 2. The van der Waals surface area contributed by atoms with Crippen molar-refractivity contribution in [2.24, 2.45) is 0 Å². The molecule has 0 saturated heterocycles. The molecule has 1 aliphatic carbocycles. The normalized spacial score (nSPS) is 13.0. The molecule has 0 atom stereocenters. The maximum absolute atomic E-state index is 12.4. The van der Waals surface area contributed by atoms with Gasteiger partial charge in [0.05, 0.1) is 24.0 Å². The largest absolute Gasteiger partial charge is 0.353 e. The summed E-state index contributed by atoms with van der Waals surface area (Å²) in [4.78, 5) is 15.9. The smallest absolute Gasteiger partial charge is 0.228 e. The summed E-state index contributed by atoms with van der Waals surface area (Å²) < 4.78 is 0. The van der Waals surface area contributed by atoms with Crippen molar-refractivity contribution < 1.29 is 4.79 Å². The highest BCUT2D eigenvalue weighted by atomic mass is 16.1. The zero-order valence-corrected chi connectivity index (χ0v) is 14.9. The summed E-state index contributed by atoms with van der Waals surface area (Å²) in [5, 5.41) is 11.6. The molecule has 0 spiro atoms. The predicted octanol–water partition coefficient (Wildman–Crippen LogP) is 4.23. The number of amides is 1. The van der Waals surface area contributed by atoms with Crippen LogP contribution in [0, 0.1) is 0 Å². The van der Waals surface area contributed by atoms with Gasteiger partial charge in [0.2, 0.25) is 5.91 Å². The van der Waals surface area contributed by atoms with Gasteiger partial charge in [0.1, 0.15) is 0 Å². The van der Waals surface area contributed by atoms with Gasteiger partial charge in [-0.3, -0.25) is 9.89 Å². The molecule has 2 heterocycles. The number of H-pyrrole nitrogens is 2. The van der Waals surface area contributed by atoms with Crippen LogP contribution in [0.3, 0.4) is 0 Å². The Kier molecular flexibility index (Phi) is 3.78. The second-order valence-electron chi connectivity index (χ2n) is 7.07. The molecule has 3 N–H and O–H groups in total. The van der Waals surface area contributed by atoms with Crippen LogP contribution in [0.5, 0.6) is 0 Å². The van der Waals surface area contributed by atoms with Gasteiger partial charge >= 0.3 is 0 Å². The molecule has 0 radical (unpaired) electrons. The van der Waals surface area contributed by atoms with Gasteiger partial charge in [0.15, 0.2) is 0 Å². The molecule has 5 heteroatoms. The van der Waals surface area contributed by atoms with E-state index in [0.29, 0.717) is 6.42 Å². The first-order chi connectivity index (χ1) is 13.3. The standard InChI is InChI=1S/C22H20N4O/c27-20(11-14-5-2-1-3-6-14)24-16-9-10-19-18(12-16)17-8-4-7-15-13-23-26-21(15)22(17)25-19/h1-3,5-6,9-10,12-13,25H,4,7-8,11H2,(H,23,26)(H,24,27). The number of carbonyl (C=O) groups is 1. The van der Waals surface area contributed by atoms with Gasteiger partial charge in [-0.25, -0.2) is 0 Å². The zero-order chi connectivity index (χ0) is 18.2. The highest BCUT2D eigenvalue weighted by Crippen LogP contribution is 2.36. The van der Waals surface area contributed by atoms with E-state index in [1.165, 1.54) is 16.5 Å². The average molecular weight is 356 g/mol. The summed E-state index contributed by atoms with van der Waals surface area (Å²) in [7, 11) is 0. The van der Waals surface area contributed by atoms with Crippen molar-refractivity contribution in [1.82, 2.24) is 15.2 Å². The molecule has 0 unspecified atom stereocenters. The fourth-order valence-electron chi connectivity index (χ4n) is 3.96. The number of hydrogen-bond acceptors (Lipinski definition) is 2. The van der Waals surface area contributed by atoms with Crippen LogP contribution in [0.25, 0.3) is 22.3 Å². The second-order valence-corrected chi connectivity index (χ2v) is 7.07. The third-order valence-corrected chi connectivity index (χ3v) is 5.24. The van der Waals surface area contributed by atoms with Crippen molar-refractivity contribution in [2.75, 3.05) is 5.32 Å². The fourth-order valence-corrected chi connectivity index (χ4v) is 3.96. The molecule has 0 saturated carbocycles. The number of anilines is 1. The van der Waals surface area contributed by atoms with E-state index in [-0.39, 0.29) is 5.91 Å². The quantitative estimate of drug-likeness (QED) is 0.514. The van der Waals surface area contributed by atoms with Gasteiger partial charge < -0.3 is 10.3 Å². The van der Waals surface area contributed by atoms with E-state index < -0.39 is 0 Å². The maximum Gasteiger partial charge on any atom is 0.228 e. The molecule has 0 bridgehead atoms. The third-order valence-electron chi connectivity index (χ3n) is 5.24. The van der Waals surface area contributed by atoms with E-state index in [9.17, 15) is 4.79 Å². The number of hydrogen-bond donors (Lipinski definition) is 3. The lowest BCUT2D eigenvalue weighted by molar-refractivity contribution is -0.115. The summed E-state index contributed by atoms with van der Waals surface area (Å²) in [6.45, 7) is 0. The van der Waals surface area contributed by atoms with E-state index in [1.54, 1.807) is 0 Å². The average Bonchev–Trinajstić information content (AvgIpc) is 3.23. The number of nitrogens with one attached hydrogen (secondary N) is 3. The van der Waals surface area contributed by atoms with Crippen molar-refractivity contribution in [3.63, 3.8) is 0 Å². The Bertz CT molecular complexity index is 1120. The Hall–Kier alpha value is -3.34. The molecule has 5 nitrogen and oxygen atoms in total. The summed E-state index contributed by atoms with van der Waals surface area (Å²) in [6, 6.07) is 15.9. The Morgan fingerprint density at radius 3 is 2.85 bits per heavy atom. The molecule has 0 aliphatic heterocycles. The van der Waals surface area contributed by atoms with Crippen molar-refractivity contribution >= 4 is 22.5 Å². The molecule has 27 heavy (non-hydrogen) atoms. The highest BCUT2D eigenvalue weighted by Gasteiger charge is 2.20. The van der Waals surface area contributed by atoms with Gasteiger partial charge in [-0.1, -0.05) is 30.3 Å². The third kappa shape index (κ3) is 2.91. The van der Waals surface area contributed by atoms with Gasteiger partial charge in [0.25, 0.3) is 0 Å². The van der Waals surface area contributed by atoms with Gasteiger partial charge in [0, 0.05) is 16.6 Å². The summed E-state index contributed by atoms with van der Waals surface area (Å²) in [5.41, 5.74) is 7.71. The van der Waals surface area contributed by atoms with Gasteiger partial charge in [-0.05, 0) is 54.2 Å². The summed E-state index contributed by atoms with van der Waals surface area (Å²) >= 11 is 0. The van der Waals surface area contributed by atoms with E-state index in [1.807, 2.05) is 48.7 Å². The van der Waals surface area contributed by atoms with Crippen molar-refractivity contribution in [2.45, 2.75) is 25.7 Å². The van der Waals surface area contributed by atoms with E-state index in [4.69, 9.17) is 0 Å². The van der Waals surface area contributed by atoms with Crippen LogP contribution in [0.15, 0.2) is 54.7 Å². The first-order valence-electron chi connectivity index (χ1n) is 9.29. The molecule has 1 aliphatic rings. The molecule has 134 valence electrons. The van der Waals surface area contributed by atoms with Gasteiger partial charge in [-0.2, -0.15) is 5.10 Å². The molecule has 0 fully saturated rings. The number of aromatic nitrogens is 3. The molecular formula is C22H20N4O. The minimum atomic E-state index is -0.00182. The number of nitrogens with zero attached hydrogens (tertiary/aromatic N) is 1. The minimum Gasteiger partial charge on any atom is -0.353 e. The molecule has 4 aromatic rings. The number of aryl methyl sites for hydroxylation is 2. The van der Waals surface area contributed by atoms with Crippen LogP contribution in [-0.4, -0.2) is 21.1 Å². The Balaban J connectivity index is 1.46. The van der Waals surface area contributed by atoms with Crippen LogP contribution in [-0.2, 0) is 24.1 Å². The zero-order valence-electron chi connectivity index (χ0n) is 14.9. The van der Waals surface area contributed by atoms with Crippen LogP contribution < -0.4 is 5.32 Å². The Morgan fingerprint density at radius 1 is 1.07 bits per heavy atom. The highest BCUT2D eigenvalue weighted by molar-refractivity contribution is 5.97. The Labute approximate surface area is 156 Å². The van der Waals surface area contributed by atoms with Crippen LogP contribution in [0.4, 0.5) is 5.69 Å². The van der Waals surface area contributed by atoms with Crippen molar-refractivity contribution in [3.8, 4) is 11.4 Å². The van der Waals surface area contributed by atoms with Crippen LogP contribution in [0.2, 0.25) is 0 Å². The minimum absolute atomic E-state index is 0.00182. The molecule has 1 amide bonds. The fraction of sp³-hybridized carbons (Fsp3) is 0.182. The number of fused-ring (bicyclic) bond motifs is 5. The van der Waals surface area contributed by atoms with Crippen molar-refractivity contribution in [1.29, 1.82) is 0 Å². The van der Waals surface area contributed by atoms with E-state index >= 15 is 0 Å². The maximum atomic E-state index is 12.4. The lowest BCUT2D eigenvalue weighted by Crippen LogP contribution is -2.14. The van der Waals surface area contributed by atoms with Gasteiger partial charge in [-0.15, -0.1) is 0 Å². The topological polar surface area (TPSA) is 73.6 Å². The predicted molar refractivity (Wildman–Crippen MR) is 107 cm³/mol. The van der Waals surface area contributed by atoms with Crippen LogP contribution >= 0.6 is 0 Å². The SMILES string of the molecule is O=C(Cc1ccccc1)Nc1ccc2[nH]c3c(c2c1)CCCc1cn[nH]c1-3. The monoisotopic (exact) mass is 356 g/mol.